The minimum absolute atomic E-state index is 0. The third-order valence-corrected chi connectivity index (χ3v) is 3.61. The van der Waals surface area contributed by atoms with E-state index in [-0.39, 0.29) is 18.2 Å². The molecule has 0 heterocycles. The highest BCUT2D eigenvalue weighted by molar-refractivity contribution is 6.32. The summed E-state index contributed by atoms with van der Waals surface area (Å²) >= 11 is 6.17. The van der Waals surface area contributed by atoms with Crippen LogP contribution in [0.2, 0.25) is 5.02 Å². The highest BCUT2D eigenvalue weighted by Gasteiger charge is 2.10. The Bertz CT molecular complexity index is 621. The lowest BCUT2D eigenvalue weighted by molar-refractivity contribution is 0.354. The maximum Gasteiger partial charge on any atom is 0.179 e. The molecule has 0 aromatic heterocycles. The molecule has 0 spiro atoms. The first-order chi connectivity index (χ1) is 10.6. The molecule has 23 heavy (non-hydrogen) atoms. The SMILES string of the molecule is COc1cc(CNCCc2ccc(F)cc2)cc(Cl)c1OC.Cl. The lowest BCUT2D eigenvalue weighted by Crippen LogP contribution is -2.16. The highest BCUT2D eigenvalue weighted by Crippen LogP contribution is 2.35. The Labute approximate surface area is 147 Å². The van der Waals surface area contributed by atoms with Crippen LogP contribution < -0.4 is 14.8 Å². The Morgan fingerprint density at radius 3 is 2.35 bits per heavy atom. The molecule has 0 aliphatic rings. The number of ether oxygens (including phenoxy) is 2. The van der Waals surface area contributed by atoms with E-state index >= 15 is 0 Å². The second-order valence-corrected chi connectivity index (χ2v) is 5.27. The minimum Gasteiger partial charge on any atom is -0.493 e. The first kappa shape index (κ1) is 19.6. The van der Waals surface area contributed by atoms with Gasteiger partial charge in [-0.15, -0.1) is 12.4 Å². The van der Waals surface area contributed by atoms with Crippen LogP contribution in [0.25, 0.3) is 0 Å². The molecule has 0 aliphatic heterocycles. The summed E-state index contributed by atoms with van der Waals surface area (Å²) in [4.78, 5) is 0. The van der Waals surface area contributed by atoms with Gasteiger partial charge in [0.1, 0.15) is 5.82 Å². The van der Waals surface area contributed by atoms with E-state index in [1.165, 1.54) is 12.1 Å². The van der Waals surface area contributed by atoms with Gasteiger partial charge in [0.15, 0.2) is 11.5 Å². The Hall–Kier alpha value is -1.49. The van der Waals surface area contributed by atoms with Crippen molar-refractivity contribution in [1.82, 2.24) is 5.32 Å². The second-order valence-electron chi connectivity index (χ2n) is 4.87. The molecule has 2 aromatic rings. The zero-order chi connectivity index (χ0) is 15.9. The number of nitrogens with one attached hydrogen (secondary N) is 1. The lowest BCUT2D eigenvalue weighted by Gasteiger charge is -2.12. The molecular weight excluding hydrogens is 340 g/mol. The molecule has 2 aromatic carbocycles. The average Bonchev–Trinajstić information content (AvgIpc) is 2.52. The lowest BCUT2D eigenvalue weighted by atomic mass is 10.1. The Morgan fingerprint density at radius 2 is 1.74 bits per heavy atom. The number of benzene rings is 2. The molecule has 1 N–H and O–H groups in total. The van der Waals surface area contributed by atoms with Crippen molar-refractivity contribution in [1.29, 1.82) is 0 Å². The van der Waals surface area contributed by atoms with Crippen molar-refractivity contribution in [3.63, 3.8) is 0 Å². The minimum atomic E-state index is -0.211. The maximum atomic E-state index is 12.8. The molecular formula is C17H20Cl2FNO2. The first-order valence-corrected chi connectivity index (χ1v) is 7.37. The number of halogens is 3. The van der Waals surface area contributed by atoms with E-state index in [1.807, 2.05) is 12.1 Å². The third kappa shape index (κ3) is 5.57. The van der Waals surface area contributed by atoms with Crippen LogP contribution in [0.3, 0.4) is 0 Å². The summed E-state index contributed by atoms with van der Waals surface area (Å²) < 4.78 is 23.3. The molecule has 0 saturated carbocycles. The molecule has 0 unspecified atom stereocenters. The van der Waals surface area contributed by atoms with Crippen molar-refractivity contribution >= 4 is 24.0 Å². The van der Waals surface area contributed by atoms with Gasteiger partial charge in [-0.1, -0.05) is 23.7 Å². The fourth-order valence-electron chi connectivity index (χ4n) is 2.19. The van der Waals surface area contributed by atoms with Crippen LogP contribution in [0.1, 0.15) is 11.1 Å². The van der Waals surface area contributed by atoms with Crippen molar-refractivity contribution in [2.24, 2.45) is 0 Å². The van der Waals surface area contributed by atoms with Crippen LogP contribution in [-0.2, 0) is 13.0 Å². The van der Waals surface area contributed by atoms with Crippen LogP contribution >= 0.6 is 24.0 Å². The first-order valence-electron chi connectivity index (χ1n) is 6.99. The normalized spacial score (nSPS) is 10.1. The van der Waals surface area contributed by atoms with Gasteiger partial charge < -0.3 is 14.8 Å². The van der Waals surface area contributed by atoms with Crippen LogP contribution in [-0.4, -0.2) is 20.8 Å². The van der Waals surface area contributed by atoms with Crippen LogP contribution in [0.15, 0.2) is 36.4 Å². The fraction of sp³-hybridized carbons (Fsp3) is 0.294. The van der Waals surface area contributed by atoms with Gasteiger partial charge in [0.2, 0.25) is 0 Å². The summed E-state index contributed by atoms with van der Waals surface area (Å²) in [5.74, 6) is 0.946. The van der Waals surface area contributed by atoms with E-state index in [4.69, 9.17) is 21.1 Å². The maximum absolute atomic E-state index is 12.8. The molecule has 0 saturated heterocycles. The topological polar surface area (TPSA) is 30.5 Å². The van der Waals surface area contributed by atoms with Gasteiger partial charge in [-0.3, -0.25) is 0 Å². The summed E-state index contributed by atoms with van der Waals surface area (Å²) in [6, 6.07) is 10.3. The molecule has 126 valence electrons. The largest absolute Gasteiger partial charge is 0.493 e. The van der Waals surface area contributed by atoms with Gasteiger partial charge in [-0.2, -0.15) is 0 Å². The number of methoxy groups -OCH3 is 2. The van der Waals surface area contributed by atoms with Crippen molar-refractivity contribution in [3.05, 3.63) is 58.4 Å². The molecule has 0 fully saturated rings. The smallest absolute Gasteiger partial charge is 0.179 e. The van der Waals surface area contributed by atoms with Crippen LogP contribution in [0.4, 0.5) is 4.39 Å². The summed E-state index contributed by atoms with van der Waals surface area (Å²) in [6.45, 7) is 1.46. The van der Waals surface area contributed by atoms with Gasteiger partial charge >= 0.3 is 0 Å². The number of rotatable bonds is 7. The molecule has 0 bridgehead atoms. The van der Waals surface area contributed by atoms with Gasteiger partial charge in [0.05, 0.1) is 19.2 Å². The molecule has 0 amide bonds. The van der Waals surface area contributed by atoms with Gasteiger partial charge in [0, 0.05) is 6.54 Å². The summed E-state index contributed by atoms with van der Waals surface area (Å²) in [6.07, 6.45) is 0.835. The highest BCUT2D eigenvalue weighted by atomic mass is 35.5. The molecule has 3 nitrogen and oxygen atoms in total. The average molecular weight is 360 g/mol. The van der Waals surface area contributed by atoms with E-state index < -0.39 is 0 Å². The second kappa shape index (κ2) is 9.60. The van der Waals surface area contributed by atoms with Crippen molar-refractivity contribution < 1.29 is 13.9 Å². The van der Waals surface area contributed by atoms with E-state index in [0.717, 1.165) is 24.1 Å². The Balaban J connectivity index is 0.00000264. The zero-order valence-electron chi connectivity index (χ0n) is 13.1. The van der Waals surface area contributed by atoms with Gasteiger partial charge in [-0.25, -0.2) is 4.39 Å². The van der Waals surface area contributed by atoms with E-state index in [1.54, 1.807) is 26.4 Å². The summed E-state index contributed by atoms with van der Waals surface area (Å²) in [7, 11) is 3.14. The zero-order valence-corrected chi connectivity index (χ0v) is 14.6. The van der Waals surface area contributed by atoms with Gasteiger partial charge in [0.25, 0.3) is 0 Å². The standard InChI is InChI=1S/C17H19ClFNO2.ClH/c1-21-16-10-13(9-15(18)17(16)22-2)11-20-8-7-12-3-5-14(19)6-4-12;/h3-6,9-10,20H,7-8,11H2,1-2H3;1H. The van der Waals surface area contributed by atoms with Crippen LogP contribution in [0, 0.1) is 5.82 Å². The Morgan fingerprint density at radius 1 is 1.04 bits per heavy atom. The van der Waals surface area contributed by atoms with E-state index in [2.05, 4.69) is 5.32 Å². The predicted octanol–water partition coefficient (Wildman–Crippen LogP) is 4.25. The Kier molecular flexibility index (Phi) is 8.17. The summed E-state index contributed by atoms with van der Waals surface area (Å²) in [5.41, 5.74) is 2.11. The van der Waals surface area contributed by atoms with Crippen molar-refractivity contribution in [3.8, 4) is 11.5 Å². The van der Waals surface area contributed by atoms with Crippen LogP contribution in [0.5, 0.6) is 11.5 Å². The summed E-state index contributed by atoms with van der Waals surface area (Å²) in [5, 5.41) is 3.86. The number of hydrogen-bond donors (Lipinski definition) is 1. The van der Waals surface area contributed by atoms with Crippen molar-refractivity contribution in [2.75, 3.05) is 20.8 Å². The van der Waals surface area contributed by atoms with Crippen molar-refractivity contribution in [2.45, 2.75) is 13.0 Å². The third-order valence-electron chi connectivity index (χ3n) is 3.33. The van der Waals surface area contributed by atoms with E-state index in [0.29, 0.717) is 23.1 Å². The predicted molar refractivity (Wildman–Crippen MR) is 93.6 cm³/mol. The molecule has 0 atom stereocenters. The molecule has 2 rings (SSSR count). The molecule has 6 heteroatoms. The quantitative estimate of drug-likeness (QED) is 0.749. The fourth-order valence-corrected chi connectivity index (χ4v) is 2.50. The molecule has 0 radical (unpaired) electrons. The number of hydrogen-bond acceptors (Lipinski definition) is 3. The molecule has 0 aliphatic carbocycles. The monoisotopic (exact) mass is 359 g/mol. The van der Waals surface area contributed by atoms with E-state index in [9.17, 15) is 4.39 Å². The van der Waals surface area contributed by atoms with Gasteiger partial charge in [-0.05, 0) is 48.4 Å².